The highest BCUT2D eigenvalue weighted by molar-refractivity contribution is 4.78. The zero-order valence-corrected chi connectivity index (χ0v) is 7.80. The average molecular weight is 212 g/mol. The van der Waals surface area contributed by atoms with Gasteiger partial charge >= 0.3 is 6.18 Å². The molecule has 1 heterocycles. The van der Waals surface area contributed by atoms with Crippen molar-refractivity contribution in [1.82, 2.24) is 4.90 Å². The summed E-state index contributed by atoms with van der Waals surface area (Å²) in [6.07, 6.45) is -5.14. The van der Waals surface area contributed by atoms with E-state index < -0.39 is 12.3 Å². The zero-order chi connectivity index (χ0) is 10.8. The van der Waals surface area contributed by atoms with Gasteiger partial charge in [0.15, 0.2) is 6.10 Å². The number of aliphatic hydroxyl groups excluding tert-OH is 1. The van der Waals surface area contributed by atoms with Crippen molar-refractivity contribution in [2.45, 2.75) is 31.2 Å². The number of aliphatic hydroxyl groups is 1. The molecule has 0 aliphatic carbocycles. The molecule has 0 saturated carbocycles. The summed E-state index contributed by atoms with van der Waals surface area (Å²) in [7, 11) is 0. The Balaban J connectivity index is 2.36. The molecule has 2 atom stereocenters. The van der Waals surface area contributed by atoms with Gasteiger partial charge in [-0.05, 0) is 19.4 Å². The number of likely N-dealkylation sites (tertiary alicyclic amines) is 1. The van der Waals surface area contributed by atoms with Crippen molar-refractivity contribution >= 4 is 0 Å². The van der Waals surface area contributed by atoms with Gasteiger partial charge in [0.25, 0.3) is 0 Å². The van der Waals surface area contributed by atoms with E-state index in [0.717, 1.165) is 12.8 Å². The number of alkyl halides is 3. The molecule has 3 nitrogen and oxygen atoms in total. The predicted molar refractivity (Wildman–Crippen MR) is 45.7 cm³/mol. The van der Waals surface area contributed by atoms with Gasteiger partial charge in [0.05, 0.1) is 0 Å². The van der Waals surface area contributed by atoms with Crippen molar-refractivity contribution in [2.24, 2.45) is 5.73 Å². The van der Waals surface area contributed by atoms with Crippen LogP contribution in [0.5, 0.6) is 0 Å². The number of nitrogens with zero attached hydrogens (tertiary/aromatic N) is 1. The maximum Gasteiger partial charge on any atom is 0.415 e. The molecule has 1 aliphatic heterocycles. The smallest absolute Gasteiger partial charge is 0.382 e. The minimum absolute atomic E-state index is 0.0656. The van der Waals surface area contributed by atoms with Gasteiger partial charge < -0.3 is 10.8 Å². The fourth-order valence-corrected chi connectivity index (χ4v) is 1.61. The van der Waals surface area contributed by atoms with Gasteiger partial charge in [-0.1, -0.05) is 0 Å². The highest BCUT2D eigenvalue weighted by Crippen LogP contribution is 2.21. The van der Waals surface area contributed by atoms with Crippen LogP contribution in [0, 0.1) is 0 Å². The second-order valence-corrected chi connectivity index (χ2v) is 3.72. The van der Waals surface area contributed by atoms with Crippen molar-refractivity contribution in [3.05, 3.63) is 0 Å². The van der Waals surface area contributed by atoms with Crippen LogP contribution >= 0.6 is 0 Å². The molecular weight excluding hydrogens is 197 g/mol. The standard InChI is InChI=1S/C8H15F3N2O/c9-8(10,11)7(14)5-13-3-1-2-6(12)4-13/h6-7,14H,1-5,12H2. The van der Waals surface area contributed by atoms with Crippen molar-refractivity contribution < 1.29 is 18.3 Å². The van der Waals surface area contributed by atoms with Gasteiger partial charge in [-0.15, -0.1) is 0 Å². The third-order valence-electron chi connectivity index (χ3n) is 2.35. The molecule has 14 heavy (non-hydrogen) atoms. The van der Waals surface area contributed by atoms with E-state index in [2.05, 4.69) is 0 Å². The van der Waals surface area contributed by atoms with E-state index in [4.69, 9.17) is 10.8 Å². The van der Waals surface area contributed by atoms with Crippen molar-refractivity contribution in [3.8, 4) is 0 Å². The number of hydrogen-bond donors (Lipinski definition) is 2. The second-order valence-electron chi connectivity index (χ2n) is 3.72. The van der Waals surface area contributed by atoms with Crippen LogP contribution in [-0.2, 0) is 0 Å². The van der Waals surface area contributed by atoms with Gasteiger partial charge in [-0.3, -0.25) is 4.90 Å². The third kappa shape index (κ3) is 3.43. The van der Waals surface area contributed by atoms with Gasteiger partial charge in [0.2, 0.25) is 0 Å². The molecule has 0 aromatic heterocycles. The topological polar surface area (TPSA) is 49.5 Å². The Hall–Kier alpha value is -0.330. The van der Waals surface area contributed by atoms with Crippen LogP contribution in [-0.4, -0.2) is 48.0 Å². The Morgan fingerprint density at radius 2 is 2.14 bits per heavy atom. The normalized spacial score (nSPS) is 27.6. The molecule has 1 fully saturated rings. The molecular formula is C8H15F3N2O. The molecule has 1 aliphatic rings. The van der Waals surface area contributed by atoms with Crippen LogP contribution in [0.4, 0.5) is 13.2 Å². The lowest BCUT2D eigenvalue weighted by Gasteiger charge is -2.32. The highest BCUT2D eigenvalue weighted by atomic mass is 19.4. The second kappa shape index (κ2) is 4.46. The summed E-state index contributed by atoms with van der Waals surface area (Å²) in [4.78, 5) is 1.56. The van der Waals surface area contributed by atoms with Crippen molar-refractivity contribution in [3.63, 3.8) is 0 Å². The molecule has 84 valence electrons. The molecule has 1 rings (SSSR count). The van der Waals surface area contributed by atoms with E-state index in [0.29, 0.717) is 13.1 Å². The molecule has 0 amide bonds. The summed E-state index contributed by atoms with van der Waals surface area (Å²) >= 11 is 0. The number of piperidine rings is 1. The zero-order valence-electron chi connectivity index (χ0n) is 7.80. The first-order valence-electron chi connectivity index (χ1n) is 4.62. The van der Waals surface area contributed by atoms with Crippen LogP contribution in [0.2, 0.25) is 0 Å². The Bertz CT molecular complexity index is 186. The first kappa shape index (κ1) is 11.7. The van der Waals surface area contributed by atoms with Crippen LogP contribution in [0.1, 0.15) is 12.8 Å². The lowest BCUT2D eigenvalue weighted by molar-refractivity contribution is -0.208. The monoisotopic (exact) mass is 212 g/mol. The van der Waals surface area contributed by atoms with E-state index in [1.165, 1.54) is 0 Å². The summed E-state index contributed by atoms with van der Waals surface area (Å²) in [6.45, 7) is 0.658. The summed E-state index contributed by atoms with van der Waals surface area (Å²) in [5.74, 6) is 0. The Morgan fingerprint density at radius 3 is 2.64 bits per heavy atom. The van der Waals surface area contributed by atoms with Crippen LogP contribution < -0.4 is 5.73 Å². The molecule has 3 N–H and O–H groups in total. The van der Waals surface area contributed by atoms with E-state index in [1.54, 1.807) is 4.90 Å². The summed E-state index contributed by atoms with van der Waals surface area (Å²) in [6, 6.07) is -0.0656. The molecule has 1 saturated heterocycles. The molecule has 0 aromatic carbocycles. The Morgan fingerprint density at radius 1 is 1.50 bits per heavy atom. The molecule has 2 unspecified atom stereocenters. The molecule has 0 aromatic rings. The maximum absolute atomic E-state index is 12.0. The van der Waals surface area contributed by atoms with Crippen molar-refractivity contribution in [1.29, 1.82) is 0 Å². The largest absolute Gasteiger partial charge is 0.415 e. The number of hydrogen-bond acceptors (Lipinski definition) is 3. The fourth-order valence-electron chi connectivity index (χ4n) is 1.61. The van der Waals surface area contributed by atoms with Gasteiger partial charge in [-0.2, -0.15) is 13.2 Å². The third-order valence-corrected chi connectivity index (χ3v) is 2.35. The van der Waals surface area contributed by atoms with Crippen LogP contribution in [0.25, 0.3) is 0 Å². The van der Waals surface area contributed by atoms with E-state index in [9.17, 15) is 13.2 Å². The Labute approximate surface area is 80.7 Å². The lowest BCUT2D eigenvalue weighted by atomic mass is 10.1. The fraction of sp³-hybridized carbons (Fsp3) is 1.00. The molecule has 0 radical (unpaired) electrons. The number of rotatable bonds is 2. The summed E-state index contributed by atoms with van der Waals surface area (Å²) in [5, 5.41) is 8.82. The maximum atomic E-state index is 12.0. The molecule has 0 bridgehead atoms. The van der Waals surface area contributed by atoms with E-state index >= 15 is 0 Å². The lowest BCUT2D eigenvalue weighted by Crippen LogP contribution is -2.48. The van der Waals surface area contributed by atoms with Gasteiger partial charge in [0.1, 0.15) is 0 Å². The first-order chi connectivity index (χ1) is 6.39. The SMILES string of the molecule is NC1CCCN(CC(O)C(F)(F)F)C1. The van der Waals surface area contributed by atoms with Crippen LogP contribution in [0.3, 0.4) is 0 Å². The number of halogens is 3. The molecule has 0 spiro atoms. The average Bonchev–Trinajstić information content (AvgIpc) is 2.02. The van der Waals surface area contributed by atoms with E-state index in [1.807, 2.05) is 0 Å². The van der Waals surface area contributed by atoms with E-state index in [-0.39, 0.29) is 12.6 Å². The summed E-state index contributed by atoms with van der Waals surface area (Å²) < 4.78 is 36.0. The van der Waals surface area contributed by atoms with Gasteiger partial charge in [-0.25, -0.2) is 0 Å². The minimum atomic E-state index is -4.53. The highest BCUT2D eigenvalue weighted by Gasteiger charge is 2.39. The quantitative estimate of drug-likeness (QED) is 0.693. The van der Waals surface area contributed by atoms with Crippen LogP contribution in [0.15, 0.2) is 0 Å². The number of nitrogens with two attached hydrogens (primary N) is 1. The minimum Gasteiger partial charge on any atom is -0.382 e. The Kier molecular flexibility index (Phi) is 3.74. The first-order valence-corrected chi connectivity index (χ1v) is 4.62. The van der Waals surface area contributed by atoms with Crippen molar-refractivity contribution in [2.75, 3.05) is 19.6 Å². The van der Waals surface area contributed by atoms with Gasteiger partial charge in [0, 0.05) is 19.1 Å². The predicted octanol–water partition coefficient (Wildman–Crippen LogP) is 0.333. The molecule has 6 heteroatoms. The number of β-amino-alcohol motifs (C(OH)–C–C–N with tert-alkyl or cyclic N) is 1. The summed E-state index contributed by atoms with van der Waals surface area (Å²) in [5.41, 5.74) is 5.61.